The average molecular weight is 241 g/mol. The number of hydrogen-bond acceptors (Lipinski definition) is 2. The van der Waals surface area contributed by atoms with Crippen molar-refractivity contribution in [2.45, 2.75) is 6.42 Å². The average Bonchev–Trinajstić information content (AvgIpc) is 2.81. The molecule has 0 fully saturated rings. The molecule has 1 N–H and O–H groups in total. The Morgan fingerprint density at radius 2 is 2.11 bits per heavy atom. The summed E-state index contributed by atoms with van der Waals surface area (Å²) in [5, 5.41) is 7.55. The number of aromatic nitrogens is 2. The molecule has 0 spiro atoms. The van der Waals surface area contributed by atoms with Gasteiger partial charge in [0.05, 0.1) is 6.20 Å². The van der Waals surface area contributed by atoms with E-state index in [1.807, 2.05) is 42.3 Å². The van der Waals surface area contributed by atoms with E-state index in [1.54, 1.807) is 0 Å². The Morgan fingerprint density at radius 1 is 1.33 bits per heavy atom. The van der Waals surface area contributed by atoms with Gasteiger partial charge in [-0.1, -0.05) is 36.9 Å². The molecule has 1 aromatic heterocycles. The summed E-state index contributed by atoms with van der Waals surface area (Å²) in [6.45, 7) is 5.86. The first-order valence-electron chi connectivity index (χ1n) is 6.17. The molecule has 0 amide bonds. The van der Waals surface area contributed by atoms with Gasteiger partial charge in [0.1, 0.15) is 0 Å². The van der Waals surface area contributed by atoms with Gasteiger partial charge in [0.2, 0.25) is 0 Å². The lowest BCUT2D eigenvalue weighted by Crippen LogP contribution is -2.19. The molecule has 2 aromatic rings. The molecule has 0 unspecified atom stereocenters. The van der Waals surface area contributed by atoms with Crippen molar-refractivity contribution in [3.05, 3.63) is 60.4 Å². The molecular formula is C15H19N3. The summed E-state index contributed by atoms with van der Waals surface area (Å²) in [6.07, 6.45) is 4.96. The lowest BCUT2D eigenvalue weighted by atomic mass is 10.1. The van der Waals surface area contributed by atoms with Gasteiger partial charge in [0.15, 0.2) is 0 Å². The molecule has 0 aliphatic rings. The Hall–Kier alpha value is -1.87. The van der Waals surface area contributed by atoms with E-state index < -0.39 is 0 Å². The van der Waals surface area contributed by atoms with Gasteiger partial charge in [-0.25, -0.2) is 0 Å². The van der Waals surface area contributed by atoms with Crippen LogP contribution in [0.4, 0.5) is 0 Å². The molecular weight excluding hydrogens is 222 g/mol. The molecule has 0 aliphatic carbocycles. The van der Waals surface area contributed by atoms with E-state index in [9.17, 15) is 0 Å². The topological polar surface area (TPSA) is 29.9 Å². The number of benzene rings is 1. The van der Waals surface area contributed by atoms with Crippen molar-refractivity contribution >= 4 is 5.57 Å². The van der Waals surface area contributed by atoms with Crippen LogP contribution in [0.15, 0.2) is 49.3 Å². The molecule has 94 valence electrons. The number of aryl methyl sites for hydroxylation is 1. The van der Waals surface area contributed by atoms with Crippen molar-refractivity contribution in [3.8, 4) is 0 Å². The summed E-state index contributed by atoms with van der Waals surface area (Å²) in [6, 6.07) is 10.3. The predicted octanol–water partition coefficient (Wildman–Crippen LogP) is 2.27. The Kier molecular flexibility index (Phi) is 4.31. The fourth-order valence-corrected chi connectivity index (χ4v) is 1.85. The Morgan fingerprint density at radius 3 is 2.78 bits per heavy atom. The molecule has 0 saturated heterocycles. The molecule has 0 saturated carbocycles. The minimum Gasteiger partial charge on any atom is -0.312 e. The van der Waals surface area contributed by atoms with Crippen LogP contribution in [0.25, 0.3) is 5.57 Å². The third-order valence-electron chi connectivity index (χ3n) is 2.87. The second-order valence-corrected chi connectivity index (χ2v) is 4.42. The van der Waals surface area contributed by atoms with Gasteiger partial charge in [-0.3, -0.25) is 4.68 Å². The highest BCUT2D eigenvalue weighted by Crippen LogP contribution is 2.09. The van der Waals surface area contributed by atoms with Crippen molar-refractivity contribution in [2.75, 3.05) is 13.1 Å². The zero-order valence-corrected chi connectivity index (χ0v) is 10.8. The van der Waals surface area contributed by atoms with Gasteiger partial charge in [-0.05, 0) is 29.7 Å². The SMILES string of the molecule is C=C(CNCCc1cnn(C)c1)c1ccccc1. The van der Waals surface area contributed by atoms with Crippen LogP contribution in [0.1, 0.15) is 11.1 Å². The largest absolute Gasteiger partial charge is 0.312 e. The predicted molar refractivity (Wildman–Crippen MR) is 75.3 cm³/mol. The third kappa shape index (κ3) is 3.57. The summed E-state index contributed by atoms with van der Waals surface area (Å²) in [5.74, 6) is 0. The molecule has 0 bridgehead atoms. The van der Waals surface area contributed by atoms with E-state index in [4.69, 9.17) is 0 Å². The van der Waals surface area contributed by atoms with Crippen LogP contribution < -0.4 is 5.32 Å². The van der Waals surface area contributed by atoms with Gasteiger partial charge in [-0.15, -0.1) is 0 Å². The zero-order valence-electron chi connectivity index (χ0n) is 10.8. The van der Waals surface area contributed by atoms with Crippen molar-refractivity contribution in [1.29, 1.82) is 0 Å². The molecule has 3 heteroatoms. The molecule has 1 aromatic carbocycles. The fraction of sp³-hybridized carbons (Fsp3) is 0.267. The van der Waals surface area contributed by atoms with E-state index in [1.165, 1.54) is 11.1 Å². The van der Waals surface area contributed by atoms with Crippen LogP contribution in [0, 0.1) is 0 Å². The summed E-state index contributed by atoms with van der Waals surface area (Å²) in [5.41, 5.74) is 3.59. The minimum absolute atomic E-state index is 0.824. The maximum Gasteiger partial charge on any atom is 0.0522 e. The van der Waals surface area contributed by atoms with Gasteiger partial charge >= 0.3 is 0 Å². The fourth-order valence-electron chi connectivity index (χ4n) is 1.85. The summed E-state index contributed by atoms with van der Waals surface area (Å²) < 4.78 is 1.83. The maximum atomic E-state index is 4.15. The lowest BCUT2D eigenvalue weighted by Gasteiger charge is -2.07. The molecule has 3 nitrogen and oxygen atoms in total. The van der Waals surface area contributed by atoms with E-state index in [0.717, 1.165) is 25.1 Å². The minimum atomic E-state index is 0.824. The van der Waals surface area contributed by atoms with Gasteiger partial charge in [-0.2, -0.15) is 5.10 Å². The second-order valence-electron chi connectivity index (χ2n) is 4.42. The molecule has 0 aliphatic heterocycles. The van der Waals surface area contributed by atoms with Crippen molar-refractivity contribution in [1.82, 2.24) is 15.1 Å². The zero-order chi connectivity index (χ0) is 12.8. The Labute approximate surface area is 108 Å². The highest BCUT2D eigenvalue weighted by molar-refractivity contribution is 5.64. The van der Waals surface area contributed by atoms with E-state index in [0.29, 0.717) is 0 Å². The van der Waals surface area contributed by atoms with Gasteiger partial charge < -0.3 is 5.32 Å². The number of nitrogens with zero attached hydrogens (tertiary/aromatic N) is 2. The van der Waals surface area contributed by atoms with E-state index in [-0.39, 0.29) is 0 Å². The maximum absolute atomic E-state index is 4.15. The van der Waals surface area contributed by atoms with Gasteiger partial charge in [0.25, 0.3) is 0 Å². The summed E-state index contributed by atoms with van der Waals surface area (Å²) >= 11 is 0. The van der Waals surface area contributed by atoms with Crippen LogP contribution in [0.3, 0.4) is 0 Å². The summed E-state index contributed by atoms with van der Waals surface area (Å²) in [4.78, 5) is 0. The first kappa shape index (κ1) is 12.6. The highest BCUT2D eigenvalue weighted by atomic mass is 15.2. The normalized spacial score (nSPS) is 10.5. The van der Waals surface area contributed by atoms with Crippen molar-refractivity contribution < 1.29 is 0 Å². The first-order chi connectivity index (χ1) is 8.75. The quantitative estimate of drug-likeness (QED) is 0.786. The monoisotopic (exact) mass is 241 g/mol. The van der Waals surface area contributed by atoms with Crippen LogP contribution in [0.5, 0.6) is 0 Å². The van der Waals surface area contributed by atoms with Crippen LogP contribution in [-0.4, -0.2) is 22.9 Å². The molecule has 2 rings (SSSR count). The molecule has 0 atom stereocenters. The van der Waals surface area contributed by atoms with Crippen molar-refractivity contribution in [3.63, 3.8) is 0 Å². The smallest absolute Gasteiger partial charge is 0.0522 e. The molecule has 18 heavy (non-hydrogen) atoms. The van der Waals surface area contributed by atoms with Crippen LogP contribution >= 0.6 is 0 Å². The molecule has 0 radical (unpaired) electrons. The Bertz CT molecular complexity index is 499. The van der Waals surface area contributed by atoms with E-state index >= 15 is 0 Å². The number of hydrogen-bond donors (Lipinski definition) is 1. The number of rotatable bonds is 6. The van der Waals surface area contributed by atoms with Crippen LogP contribution in [0.2, 0.25) is 0 Å². The summed E-state index contributed by atoms with van der Waals surface area (Å²) in [7, 11) is 1.94. The van der Waals surface area contributed by atoms with E-state index in [2.05, 4.69) is 29.1 Å². The lowest BCUT2D eigenvalue weighted by molar-refractivity contribution is 0.747. The molecule has 1 heterocycles. The number of nitrogens with one attached hydrogen (secondary N) is 1. The third-order valence-corrected chi connectivity index (χ3v) is 2.87. The standard InChI is InChI=1S/C15H19N3/c1-13(15-6-4-3-5-7-15)10-16-9-8-14-11-17-18(2)12-14/h3-7,11-12,16H,1,8-10H2,2H3. The van der Waals surface area contributed by atoms with Crippen molar-refractivity contribution in [2.24, 2.45) is 7.05 Å². The Balaban J connectivity index is 1.71. The highest BCUT2D eigenvalue weighted by Gasteiger charge is 1.98. The second kappa shape index (κ2) is 6.17. The first-order valence-corrected chi connectivity index (χ1v) is 6.17. The van der Waals surface area contributed by atoms with Crippen LogP contribution in [-0.2, 0) is 13.5 Å². The van der Waals surface area contributed by atoms with Gasteiger partial charge in [0, 0.05) is 19.8 Å².